The number of anilines is 1. The average molecular weight is 368 g/mol. The highest BCUT2D eigenvalue weighted by atomic mass is 16.1. The number of pyridine rings is 1. The number of nitrogens with zero attached hydrogens (tertiary/aromatic N) is 2. The lowest BCUT2D eigenvalue weighted by Crippen LogP contribution is -2.14. The van der Waals surface area contributed by atoms with Crippen LogP contribution >= 0.6 is 0 Å². The number of benzene rings is 2. The van der Waals surface area contributed by atoms with Crippen LogP contribution in [0.25, 0.3) is 22.5 Å². The molecule has 0 bridgehead atoms. The molecule has 2 aromatic carbocycles. The minimum Gasteiger partial charge on any atom is -0.345 e. The summed E-state index contributed by atoms with van der Waals surface area (Å²) >= 11 is 0. The van der Waals surface area contributed by atoms with Gasteiger partial charge in [-0.1, -0.05) is 42.5 Å². The lowest BCUT2D eigenvalue weighted by Gasteiger charge is -2.13. The maximum absolute atomic E-state index is 12.8. The molecule has 0 fully saturated rings. The summed E-state index contributed by atoms with van der Waals surface area (Å²) in [6.07, 6.45) is 3.44. The van der Waals surface area contributed by atoms with Crippen LogP contribution in [0.5, 0.6) is 0 Å². The summed E-state index contributed by atoms with van der Waals surface area (Å²) < 4.78 is 0. The molecule has 0 unspecified atom stereocenters. The van der Waals surface area contributed by atoms with Crippen molar-refractivity contribution in [3.8, 4) is 22.5 Å². The van der Waals surface area contributed by atoms with E-state index in [-0.39, 0.29) is 5.91 Å². The Morgan fingerprint density at radius 3 is 2.50 bits per heavy atom. The van der Waals surface area contributed by atoms with Crippen LogP contribution < -0.4 is 5.32 Å². The summed E-state index contributed by atoms with van der Waals surface area (Å²) in [6.45, 7) is 4.00. The first-order valence-corrected chi connectivity index (χ1v) is 9.06. The van der Waals surface area contributed by atoms with Crippen LogP contribution in [0.15, 0.2) is 73.1 Å². The minimum atomic E-state index is -0.205. The quantitative estimate of drug-likeness (QED) is 0.532. The summed E-state index contributed by atoms with van der Waals surface area (Å²) in [5, 5.41) is 2.93. The summed E-state index contributed by atoms with van der Waals surface area (Å²) in [5.41, 5.74) is 5.56. The van der Waals surface area contributed by atoms with E-state index in [1.807, 2.05) is 56.3 Å². The molecule has 0 aliphatic heterocycles. The van der Waals surface area contributed by atoms with Gasteiger partial charge in [0.25, 0.3) is 5.91 Å². The van der Waals surface area contributed by atoms with Crippen LogP contribution in [0, 0.1) is 13.8 Å². The van der Waals surface area contributed by atoms with Gasteiger partial charge in [-0.05, 0) is 48.7 Å². The number of amides is 1. The Labute approximate surface area is 163 Å². The van der Waals surface area contributed by atoms with E-state index in [1.165, 1.54) is 0 Å². The molecule has 0 saturated carbocycles. The van der Waals surface area contributed by atoms with Crippen molar-refractivity contribution in [3.63, 3.8) is 0 Å². The average Bonchev–Trinajstić information content (AvgIpc) is 3.26. The third-order valence-electron chi connectivity index (χ3n) is 4.74. The first kappa shape index (κ1) is 17.7. The standard InChI is InChI=1S/C23H20N4O/c1-15-16(2)26-21(14-20(15)17-7-4-3-5-8-17)27-23(28)19-10-6-9-18(13-19)22-24-11-12-25-22/h3-14H,1-2H3,(H,24,25)(H,26,27,28). The Morgan fingerprint density at radius 2 is 1.75 bits per heavy atom. The highest BCUT2D eigenvalue weighted by molar-refractivity contribution is 6.04. The number of rotatable bonds is 4. The highest BCUT2D eigenvalue weighted by Gasteiger charge is 2.12. The number of carbonyl (C=O) groups excluding carboxylic acids is 1. The molecule has 5 heteroatoms. The van der Waals surface area contributed by atoms with Crippen LogP contribution in [-0.2, 0) is 0 Å². The molecule has 138 valence electrons. The Morgan fingerprint density at radius 1 is 0.964 bits per heavy atom. The van der Waals surface area contributed by atoms with Crippen molar-refractivity contribution in [2.75, 3.05) is 5.32 Å². The fraction of sp³-hybridized carbons (Fsp3) is 0.0870. The second kappa shape index (κ2) is 7.48. The number of aryl methyl sites for hydroxylation is 1. The van der Waals surface area contributed by atoms with Gasteiger partial charge in [0.2, 0.25) is 0 Å². The Hall–Kier alpha value is -3.73. The van der Waals surface area contributed by atoms with Gasteiger partial charge < -0.3 is 10.3 Å². The monoisotopic (exact) mass is 368 g/mol. The summed E-state index contributed by atoms with van der Waals surface area (Å²) in [4.78, 5) is 24.6. The molecule has 0 radical (unpaired) electrons. The van der Waals surface area contributed by atoms with Gasteiger partial charge in [-0.2, -0.15) is 0 Å². The normalized spacial score (nSPS) is 10.6. The molecular weight excluding hydrogens is 348 g/mol. The molecule has 2 N–H and O–H groups in total. The van der Waals surface area contributed by atoms with Gasteiger partial charge in [0, 0.05) is 29.2 Å². The fourth-order valence-electron chi connectivity index (χ4n) is 3.14. The zero-order valence-corrected chi connectivity index (χ0v) is 15.7. The van der Waals surface area contributed by atoms with Crippen molar-refractivity contribution in [1.29, 1.82) is 0 Å². The van der Waals surface area contributed by atoms with Crippen molar-refractivity contribution in [3.05, 3.63) is 89.9 Å². The number of aromatic amines is 1. The molecule has 0 spiro atoms. The number of nitrogens with one attached hydrogen (secondary N) is 2. The predicted molar refractivity (Wildman–Crippen MR) is 111 cm³/mol. The molecule has 0 saturated heterocycles. The van der Waals surface area contributed by atoms with Crippen LogP contribution in [0.2, 0.25) is 0 Å². The van der Waals surface area contributed by atoms with E-state index in [2.05, 4.69) is 32.4 Å². The number of aromatic nitrogens is 3. The van der Waals surface area contributed by atoms with Crippen molar-refractivity contribution in [2.24, 2.45) is 0 Å². The Balaban J connectivity index is 1.64. The molecule has 0 atom stereocenters. The second-order valence-corrected chi connectivity index (χ2v) is 6.60. The highest BCUT2D eigenvalue weighted by Crippen LogP contribution is 2.27. The molecule has 28 heavy (non-hydrogen) atoms. The van der Waals surface area contributed by atoms with Crippen molar-refractivity contribution in [2.45, 2.75) is 13.8 Å². The molecule has 0 aliphatic rings. The molecule has 5 nitrogen and oxygen atoms in total. The van der Waals surface area contributed by atoms with E-state index in [1.54, 1.807) is 18.5 Å². The third-order valence-corrected chi connectivity index (χ3v) is 4.74. The van der Waals surface area contributed by atoms with Gasteiger partial charge >= 0.3 is 0 Å². The van der Waals surface area contributed by atoms with Crippen molar-refractivity contribution in [1.82, 2.24) is 15.0 Å². The maximum Gasteiger partial charge on any atom is 0.256 e. The van der Waals surface area contributed by atoms with E-state index >= 15 is 0 Å². The van der Waals surface area contributed by atoms with Gasteiger partial charge in [-0.3, -0.25) is 4.79 Å². The van der Waals surface area contributed by atoms with E-state index in [4.69, 9.17) is 0 Å². The Bertz CT molecular complexity index is 1120. The van der Waals surface area contributed by atoms with Crippen LogP contribution in [0.4, 0.5) is 5.82 Å². The largest absolute Gasteiger partial charge is 0.345 e. The zero-order valence-electron chi connectivity index (χ0n) is 15.7. The number of hydrogen-bond donors (Lipinski definition) is 2. The molecule has 4 aromatic rings. The number of H-pyrrole nitrogens is 1. The van der Waals surface area contributed by atoms with Gasteiger partial charge in [-0.15, -0.1) is 0 Å². The Kier molecular flexibility index (Phi) is 4.72. The maximum atomic E-state index is 12.8. The molecule has 2 heterocycles. The molecule has 2 aromatic heterocycles. The minimum absolute atomic E-state index is 0.205. The van der Waals surface area contributed by atoms with E-state index in [0.717, 1.165) is 33.8 Å². The number of carbonyl (C=O) groups is 1. The van der Waals surface area contributed by atoms with Crippen LogP contribution in [0.1, 0.15) is 21.6 Å². The van der Waals surface area contributed by atoms with Crippen LogP contribution in [-0.4, -0.2) is 20.9 Å². The van der Waals surface area contributed by atoms with Crippen LogP contribution in [0.3, 0.4) is 0 Å². The zero-order chi connectivity index (χ0) is 19.5. The molecule has 4 rings (SSSR count). The van der Waals surface area contributed by atoms with E-state index < -0.39 is 0 Å². The van der Waals surface area contributed by atoms with Gasteiger partial charge in [0.1, 0.15) is 11.6 Å². The first-order chi connectivity index (χ1) is 13.6. The summed E-state index contributed by atoms with van der Waals surface area (Å²) in [7, 11) is 0. The fourth-order valence-corrected chi connectivity index (χ4v) is 3.14. The van der Waals surface area contributed by atoms with Crippen molar-refractivity contribution < 1.29 is 4.79 Å². The lowest BCUT2D eigenvalue weighted by molar-refractivity contribution is 0.102. The predicted octanol–water partition coefficient (Wildman–Crippen LogP) is 5.01. The lowest BCUT2D eigenvalue weighted by atomic mass is 10.00. The number of hydrogen-bond acceptors (Lipinski definition) is 3. The van der Waals surface area contributed by atoms with E-state index in [9.17, 15) is 4.79 Å². The molecule has 1 amide bonds. The van der Waals surface area contributed by atoms with E-state index in [0.29, 0.717) is 11.4 Å². The smallest absolute Gasteiger partial charge is 0.256 e. The SMILES string of the molecule is Cc1nc(NC(=O)c2cccc(-c3ncc[nH]3)c2)cc(-c2ccccc2)c1C. The van der Waals surface area contributed by atoms with Gasteiger partial charge in [-0.25, -0.2) is 9.97 Å². The molecular formula is C23H20N4O. The first-order valence-electron chi connectivity index (χ1n) is 9.06. The van der Waals surface area contributed by atoms with Gasteiger partial charge in [0.15, 0.2) is 0 Å². The third kappa shape index (κ3) is 3.55. The summed E-state index contributed by atoms with van der Waals surface area (Å²) in [5.74, 6) is 1.06. The summed E-state index contributed by atoms with van der Waals surface area (Å²) in [6, 6.07) is 19.4. The van der Waals surface area contributed by atoms with Gasteiger partial charge in [0.05, 0.1) is 0 Å². The molecule has 0 aliphatic carbocycles. The number of imidazole rings is 1. The second-order valence-electron chi connectivity index (χ2n) is 6.60. The topological polar surface area (TPSA) is 70.7 Å². The van der Waals surface area contributed by atoms with Crippen molar-refractivity contribution >= 4 is 11.7 Å².